The fourth-order valence-electron chi connectivity index (χ4n) is 1.79. The van der Waals surface area contributed by atoms with Gasteiger partial charge >= 0.3 is 0 Å². The maximum absolute atomic E-state index is 11.7. The van der Waals surface area contributed by atoms with Crippen LogP contribution in [0.5, 0.6) is 11.5 Å². The third-order valence-corrected chi connectivity index (χ3v) is 2.67. The first-order chi connectivity index (χ1) is 8.58. The lowest BCUT2D eigenvalue weighted by Gasteiger charge is -2.10. The number of pyridine rings is 1. The van der Waals surface area contributed by atoms with Crippen molar-refractivity contribution < 1.29 is 14.3 Å². The number of benzene rings is 1. The summed E-state index contributed by atoms with van der Waals surface area (Å²) < 4.78 is 10.2. The number of nitrogens with two attached hydrogens (primary N) is 1. The molecule has 1 aromatic heterocycles. The average Bonchev–Trinajstić information content (AvgIpc) is 2.37. The molecule has 0 bridgehead atoms. The topological polar surface area (TPSA) is 94.4 Å². The normalized spacial score (nSPS) is 10.3. The summed E-state index contributed by atoms with van der Waals surface area (Å²) in [5.74, 6) is 0.221. The Balaban J connectivity index is 2.91. The van der Waals surface area contributed by atoms with Gasteiger partial charge in [-0.25, -0.2) is 0 Å². The molecule has 0 saturated carbocycles. The van der Waals surface area contributed by atoms with Crippen molar-refractivity contribution in [3.05, 3.63) is 34.2 Å². The van der Waals surface area contributed by atoms with Gasteiger partial charge in [-0.05, 0) is 12.1 Å². The van der Waals surface area contributed by atoms with Crippen LogP contribution in [0.15, 0.2) is 23.1 Å². The second-order valence-corrected chi connectivity index (χ2v) is 3.65. The van der Waals surface area contributed by atoms with Gasteiger partial charge in [-0.1, -0.05) is 0 Å². The SMILES string of the molecule is COc1cc2c(C(N)=O)c[nH]c(=O)c2cc1OC. The van der Waals surface area contributed by atoms with E-state index in [0.29, 0.717) is 22.3 Å². The second-order valence-electron chi connectivity index (χ2n) is 3.65. The van der Waals surface area contributed by atoms with E-state index in [9.17, 15) is 9.59 Å². The molecule has 1 amide bonds. The average molecular weight is 248 g/mol. The first-order valence-electron chi connectivity index (χ1n) is 5.15. The zero-order chi connectivity index (χ0) is 13.3. The molecule has 6 nitrogen and oxygen atoms in total. The molecular weight excluding hydrogens is 236 g/mol. The summed E-state index contributed by atoms with van der Waals surface area (Å²) in [6, 6.07) is 3.07. The molecule has 3 N–H and O–H groups in total. The van der Waals surface area contributed by atoms with Crippen molar-refractivity contribution in [1.82, 2.24) is 4.98 Å². The maximum atomic E-state index is 11.7. The minimum absolute atomic E-state index is 0.227. The minimum atomic E-state index is -0.622. The van der Waals surface area contributed by atoms with Crippen molar-refractivity contribution in [2.24, 2.45) is 5.73 Å². The zero-order valence-corrected chi connectivity index (χ0v) is 9.94. The van der Waals surface area contributed by atoms with Gasteiger partial charge in [-0.2, -0.15) is 0 Å². The molecule has 0 atom stereocenters. The molecule has 6 heteroatoms. The van der Waals surface area contributed by atoms with Gasteiger partial charge in [0, 0.05) is 11.6 Å². The van der Waals surface area contributed by atoms with Gasteiger partial charge in [0.05, 0.1) is 25.2 Å². The number of primary amides is 1. The Morgan fingerprint density at radius 1 is 1.17 bits per heavy atom. The largest absolute Gasteiger partial charge is 0.493 e. The quantitative estimate of drug-likeness (QED) is 0.833. The van der Waals surface area contributed by atoms with Crippen molar-refractivity contribution in [2.75, 3.05) is 14.2 Å². The fraction of sp³-hybridized carbons (Fsp3) is 0.167. The van der Waals surface area contributed by atoms with Crippen LogP contribution in [0.3, 0.4) is 0 Å². The van der Waals surface area contributed by atoms with Crippen molar-refractivity contribution in [1.29, 1.82) is 0 Å². The Morgan fingerprint density at radius 2 is 1.72 bits per heavy atom. The highest BCUT2D eigenvalue weighted by Crippen LogP contribution is 2.31. The molecule has 0 spiro atoms. The summed E-state index contributed by atoms with van der Waals surface area (Å²) in [6.07, 6.45) is 1.29. The molecule has 18 heavy (non-hydrogen) atoms. The number of amides is 1. The van der Waals surface area contributed by atoms with Crippen molar-refractivity contribution in [2.45, 2.75) is 0 Å². The number of hydrogen-bond acceptors (Lipinski definition) is 4. The van der Waals surface area contributed by atoms with Gasteiger partial charge in [0.15, 0.2) is 11.5 Å². The number of H-pyrrole nitrogens is 1. The number of methoxy groups -OCH3 is 2. The number of aromatic nitrogens is 1. The monoisotopic (exact) mass is 248 g/mol. The number of carbonyl (C=O) groups is 1. The predicted octanol–water partition coefficient (Wildman–Crippen LogP) is 0.644. The number of hydrogen-bond donors (Lipinski definition) is 2. The standard InChI is InChI=1S/C12H12N2O4/c1-17-9-3-6-7(4-10(9)18-2)12(16)14-5-8(6)11(13)15/h3-5H,1-2H3,(H2,13,15)(H,14,16). The number of carbonyl (C=O) groups excluding carboxylic acids is 1. The van der Waals surface area contributed by atoms with Crippen LogP contribution in [0, 0.1) is 0 Å². The summed E-state index contributed by atoms with van der Waals surface area (Å²) in [5, 5.41) is 0.757. The van der Waals surface area contributed by atoms with Crippen molar-refractivity contribution >= 4 is 16.7 Å². The third-order valence-electron chi connectivity index (χ3n) is 2.67. The van der Waals surface area contributed by atoms with E-state index < -0.39 is 5.91 Å². The number of rotatable bonds is 3. The first kappa shape index (κ1) is 12.0. The molecule has 2 rings (SSSR count). The minimum Gasteiger partial charge on any atom is -0.493 e. The molecule has 0 aliphatic heterocycles. The summed E-state index contributed by atoms with van der Waals surface area (Å²) in [4.78, 5) is 25.5. The van der Waals surface area contributed by atoms with Gasteiger partial charge in [-0.3, -0.25) is 9.59 Å². The van der Waals surface area contributed by atoms with Crippen LogP contribution >= 0.6 is 0 Å². The molecule has 2 aromatic rings. The van der Waals surface area contributed by atoms with Gasteiger partial charge in [0.1, 0.15) is 0 Å². The third kappa shape index (κ3) is 1.77. The Kier molecular flexibility index (Phi) is 2.93. The number of ether oxygens (including phenoxy) is 2. The van der Waals surface area contributed by atoms with E-state index in [4.69, 9.17) is 15.2 Å². The predicted molar refractivity (Wildman–Crippen MR) is 66.2 cm³/mol. The van der Waals surface area contributed by atoms with Gasteiger partial charge < -0.3 is 20.2 Å². The molecule has 0 aliphatic rings. The highest BCUT2D eigenvalue weighted by Gasteiger charge is 2.13. The molecule has 0 saturated heterocycles. The fourth-order valence-corrected chi connectivity index (χ4v) is 1.79. The van der Waals surface area contributed by atoms with E-state index in [1.807, 2.05) is 0 Å². The molecular formula is C12H12N2O4. The lowest BCUT2D eigenvalue weighted by Crippen LogP contribution is -2.16. The number of aromatic amines is 1. The molecule has 0 radical (unpaired) electrons. The van der Waals surface area contributed by atoms with Crippen LogP contribution in [0.4, 0.5) is 0 Å². The van der Waals surface area contributed by atoms with Crippen molar-refractivity contribution in [3.63, 3.8) is 0 Å². The van der Waals surface area contributed by atoms with Crippen LogP contribution in [0.25, 0.3) is 10.8 Å². The number of nitrogens with one attached hydrogen (secondary N) is 1. The van der Waals surface area contributed by atoms with E-state index in [1.165, 1.54) is 26.5 Å². The molecule has 0 fully saturated rings. The van der Waals surface area contributed by atoms with Crippen LogP contribution in [0.1, 0.15) is 10.4 Å². The van der Waals surface area contributed by atoms with E-state index in [1.54, 1.807) is 6.07 Å². The lowest BCUT2D eigenvalue weighted by molar-refractivity contribution is 0.100. The zero-order valence-electron chi connectivity index (χ0n) is 9.94. The Hall–Kier alpha value is -2.50. The Morgan fingerprint density at radius 3 is 2.22 bits per heavy atom. The highest BCUT2D eigenvalue weighted by molar-refractivity contribution is 6.06. The van der Waals surface area contributed by atoms with E-state index in [0.717, 1.165) is 0 Å². The van der Waals surface area contributed by atoms with E-state index >= 15 is 0 Å². The summed E-state index contributed by atoms with van der Waals surface area (Å²) in [6.45, 7) is 0. The summed E-state index contributed by atoms with van der Waals surface area (Å²) >= 11 is 0. The second kappa shape index (κ2) is 4.40. The number of fused-ring (bicyclic) bond motifs is 1. The lowest BCUT2D eigenvalue weighted by atomic mass is 10.1. The Bertz CT molecular complexity index is 676. The summed E-state index contributed by atoms with van der Waals surface area (Å²) in [7, 11) is 2.94. The van der Waals surface area contributed by atoms with Gasteiger partial charge in [0.25, 0.3) is 11.5 Å². The maximum Gasteiger partial charge on any atom is 0.255 e. The summed E-state index contributed by atoms with van der Waals surface area (Å²) in [5.41, 5.74) is 5.16. The van der Waals surface area contributed by atoms with Crippen LogP contribution in [0.2, 0.25) is 0 Å². The molecule has 1 heterocycles. The van der Waals surface area contributed by atoms with Gasteiger partial charge in [-0.15, -0.1) is 0 Å². The van der Waals surface area contributed by atoms with Gasteiger partial charge in [0.2, 0.25) is 0 Å². The Labute approximate surface area is 102 Å². The molecule has 94 valence electrons. The van der Waals surface area contributed by atoms with Crippen LogP contribution < -0.4 is 20.8 Å². The van der Waals surface area contributed by atoms with Crippen molar-refractivity contribution in [3.8, 4) is 11.5 Å². The van der Waals surface area contributed by atoms with E-state index in [-0.39, 0.29) is 11.1 Å². The first-order valence-corrected chi connectivity index (χ1v) is 5.15. The smallest absolute Gasteiger partial charge is 0.255 e. The highest BCUT2D eigenvalue weighted by atomic mass is 16.5. The molecule has 1 aromatic carbocycles. The van der Waals surface area contributed by atoms with E-state index in [2.05, 4.69) is 4.98 Å². The molecule has 0 unspecified atom stereocenters. The van der Waals surface area contributed by atoms with Crippen LogP contribution in [-0.2, 0) is 0 Å². The molecule has 0 aliphatic carbocycles. The van der Waals surface area contributed by atoms with Crippen LogP contribution in [-0.4, -0.2) is 25.1 Å².